The summed E-state index contributed by atoms with van der Waals surface area (Å²) in [7, 11) is 5.07. The number of hydrogen-bond acceptors (Lipinski definition) is 4. The Balaban J connectivity index is 1.86. The van der Waals surface area contributed by atoms with Crippen LogP contribution in [-0.2, 0) is 17.8 Å². The topological polar surface area (TPSA) is 72.7 Å². The number of ether oxygens (including phenoxy) is 1. The van der Waals surface area contributed by atoms with E-state index in [0.717, 1.165) is 34.3 Å². The maximum Gasteiger partial charge on any atom is 0.340 e. The Bertz CT molecular complexity index is 1050. The summed E-state index contributed by atoms with van der Waals surface area (Å²) >= 11 is 0. The van der Waals surface area contributed by atoms with Gasteiger partial charge in [-0.05, 0) is 30.7 Å². The van der Waals surface area contributed by atoms with Crippen molar-refractivity contribution in [3.05, 3.63) is 76.5 Å². The number of amides is 1. The molecule has 1 amide bonds. The van der Waals surface area contributed by atoms with E-state index in [1.807, 2.05) is 55.5 Å². The number of para-hydroxylation sites is 1. The number of pyridine rings is 1. The zero-order chi connectivity index (χ0) is 21.0. The van der Waals surface area contributed by atoms with E-state index < -0.39 is 0 Å². The molecule has 2 aromatic carbocycles. The minimum absolute atomic E-state index is 0.101. The molecule has 0 radical (unpaired) electrons. The molecule has 3 aromatic rings. The molecular weight excluding hydrogens is 366 g/mol. The van der Waals surface area contributed by atoms with Gasteiger partial charge in [0.1, 0.15) is 18.8 Å². The van der Waals surface area contributed by atoms with E-state index >= 15 is 0 Å². The van der Waals surface area contributed by atoms with Crippen molar-refractivity contribution in [2.45, 2.75) is 20.0 Å². The molecule has 1 atom stereocenters. The lowest BCUT2D eigenvalue weighted by molar-refractivity contribution is -0.908. The number of carbonyl (C=O) groups is 2. The second kappa shape index (κ2) is 8.84. The quantitative estimate of drug-likeness (QED) is 0.629. The number of aromatic nitrogens is 1. The van der Waals surface area contributed by atoms with Gasteiger partial charge in [0, 0.05) is 23.6 Å². The second-order valence-corrected chi connectivity index (χ2v) is 7.15. The summed E-state index contributed by atoms with van der Waals surface area (Å²) in [4.78, 5) is 30.1. The number of esters is 1. The van der Waals surface area contributed by atoms with Crippen LogP contribution in [0.1, 0.15) is 37.5 Å². The Labute approximate surface area is 170 Å². The molecule has 1 heterocycles. The maximum atomic E-state index is 12.5. The van der Waals surface area contributed by atoms with Crippen molar-refractivity contribution in [1.29, 1.82) is 0 Å². The minimum Gasteiger partial charge on any atom is -0.465 e. The van der Waals surface area contributed by atoms with E-state index in [1.165, 1.54) is 12.0 Å². The number of nitrogens with one attached hydrogen (secondary N) is 2. The van der Waals surface area contributed by atoms with Gasteiger partial charge in [0.05, 0.1) is 25.2 Å². The normalized spacial score (nSPS) is 11.9. The van der Waals surface area contributed by atoms with Crippen LogP contribution >= 0.6 is 0 Å². The fourth-order valence-corrected chi connectivity index (χ4v) is 3.56. The number of methoxy groups -OCH3 is 1. The van der Waals surface area contributed by atoms with Gasteiger partial charge < -0.3 is 15.0 Å². The van der Waals surface area contributed by atoms with E-state index in [9.17, 15) is 9.59 Å². The van der Waals surface area contributed by atoms with Gasteiger partial charge in [0.2, 0.25) is 0 Å². The first kappa shape index (κ1) is 20.5. The van der Waals surface area contributed by atoms with Crippen LogP contribution in [0.4, 0.5) is 0 Å². The summed E-state index contributed by atoms with van der Waals surface area (Å²) in [6.45, 7) is 3.25. The number of hydrogen-bond donors (Lipinski definition) is 2. The Kier molecular flexibility index (Phi) is 6.24. The molecule has 29 heavy (non-hydrogen) atoms. The Hall–Kier alpha value is -3.25. The first-order valence-corrected chi connectivity index (χ1v) is 9.53. The van der Waals surface area contributed by atoms with Gasteiger partial charge in [0.15, 0.2) is 0 Å². The Morgan fingerprint density at radius 2 is 1.76 bits per heavy atom. The van der Waals surface area contributed by atoms with Crippen molar-refractivity contribution in [3.8, 4) is 0 Å². The fraction of sp³-hybridized carbons (Fsp3) is 0.261. The molecule has 0 bridgehead atoms. The van der Waals surface area contributed by atoms with Crippen LogP contribution in [0, 0.1) is 6.92 Å². The predicted octanol–water partition coefficient (Wildman–Crippen LogP) is 1.90. The number of aryl methyl sites for hydroxylation is 1. The molecule has 1 unspecified atom stereocenters. The van der Waals surface area contributed by atoms with Crippen molar-refractivity contribution < 1.29 is 19.2 Å². The molecule has 2 N–H and O–H groups in total. The minimum atomic E-state index is -0.363. The van der Waals surface area contributed by atoms with Crippen molar-refractivity contribution in [3.63, 3.8) is 0 Å². The molecule has 0 saturated heterocycles. The van der Waals surface area contributed by atoms with Crippen LogP contribution in [0.3, 0.4) is 0 Å². The van der Waals surface area contributed by atoms with E-state index in [2.05, 4.69) is 12.4 Å². The average Bonchev–Trinajstić information content (AvgIpc) is 2.73. The number of nitrogens with zero attached hydrogens (tertiary/aromatic N) is 1. The summed E-state index contributed by atoms with van der Waals surface area (Å²) in [6, 6.07) is 15.4. The molecule has 0 spiro atoms. The van der Waals surface area contributed by atoms with Gasteiger partial charge in [-0.2, -0.15) is 0 Å². The van der Waals surface area contributed by atoms with E-state index in [0.29, 0.717) is 17.7 Å². The molecule has 0 aliphatic carbocycles. The van der Waals surface area contributed by atoms with Crippen LogP contribution in [-0.4, -0.2) is 38.1 Å². The molecule has 6 heteroatoms. The molecule has 6 nitrogen and oxygen atoms in total. The number of carbonyl (C=O) groups excluding carboxylic acids is 2. The van der Waals surface area contributed by atoms with Gasteiger partial charge >= 0.3 is 5.97 Å². The molecule has 0 fully saturated rings. The predicted molar refractivity (Wildman–Crippen MR) is 112 cm³/mol. The third kappa shape index (κ3) is 4.43. The lowest BCUT2D eigenvalue weighted by atomic mass is 10.0. The monoisotopic (exact) mass is 392 g/mol. The smallest absolute Gasteiger partial charge is 0.340 e. The van der Waals surface area contributed by atoms with Crippen molar-refractivity contribution in [2.24, 2.45) is 0 Å². The summed E-state index contributed by atoms with van der Waals surface area (Å²) < 4.78 is 5.03. The van der Waals surface area contributed by atoms with Gasteiger partial charge in [-0.3, -0.25) is 4.79 Å². The van der Waals surface area contributed by atoms with Gasteiger partial charge in [-0.15, -0.1) is 0 Å². The Morgan fingerprint density at radius 1 is 1.07 bits per heavy atom. The highest BCUT2D eigenvalue weighted by atomic mass is 16.5. The van der Waals surface area contributed by atoms with Gasteiger partial charge in [0.25, 0.3) is 5.91 Å². The lowest BCUT2D eigenvalue weighted by Crippen LogP contribution is -3.06. The highest BCUT2D eigenvalue weighted by molar-refractivity contribution is 5.98. The first-order chi connectivity index (χ1) is 13.9. The molecule has 1 aromatic heterocycles. The summed E-state index contributed by atoms with van der Waals surface area (Å²) in [5, 5.41) is 3.58. The Morgan fingerprint density at radius 3 is 2.41 bits per heavy atom. The molecular formula is C23H26N3O3+. The van der Waals surface area contributed by atoms with Crippen molar-refractivity contribution in [2.75, 3.05) is 21.2 Å². The SMILES string of the molecule is CNC(=O)c1ccc(C[NH+](C)Cc2nc3ccccc3c(C)c2C(=O)OC)cc1. The average molecular weight is 392 g/mol. The lowest BCUT2D eigenvalue weighted by Gasteiger charge is -2.18. The number of rotatable bonds is 6. The highest BCUT2D eigenvalue weighted by Gasteiger charge is 2.21. The maximum absolute atomic E-state index is 12.5. The zero-order valence-electron chi connectivity index (χ0n) is 17.2. The molecule has 3 rings (SSSR count). The summed E-state index contributed by atoms with van der Waals surface area (Å²) in [5.74, 6) is -0.464. The number of fused-ring (bicyclic) bond motifs is 1. The van der Waals surface area contributed by atoms with E-state index in [4.69, 9.17) is 9.72 Å². The zero-order valence-corrected chi connectivity index (χ0v) is 17.2. The van der Waals surface area contributed by atoms with Crippen molar-refractivity contribution in [1.82, 2.24) is 10.3 Å². The fourth-order valence-electron chi connectivity index (χ4n) is 3.56. The number of quaternary nitrogens is 1. The third-order valence-corrected chi connectivity index (χ3v) is 5.03. The second-order valence-electron chi connectivity index (χ2n) is 7.15. The van der Waals surface area contributed by atoms with E-state index in [-0.39, 0.29) is 11.9 Å². The third-order valence-electron chi connectivity index (χ3n) is 5.03. The molecule has 0 saturated carbocycles. The summed E-state index contributed by atoms with van der Waals surface area (Å²) in [6.07, 6.45) is 0. The van der Waals surface area contributed by atoms with Crippen LogP contribution in [0.5, 0.6) is 0 Å². The van der Waals surface area contributed by atoms with Gasteiger partial charge in [-0.1, -0.05) is 30.3 Å². The van der Waals surface area contributed by atoms with Crippen LogP contribution in [0.15, 0.2) is 48.5 Å². The van der Waals surface area contributed by atoms with Gasteiger partial charge in [-0.25, -0.2) is 9.78 Å². The standard InChI is InChI=1S/C23H25N3O3/c1-15-18-7-5-6-8-19(18)25-20(21(15)23(28)29-4)14-26(3)13-16-9-11-17(12-10-16)22(27)24-2/h5-12H,13-14H2,1-4H3,(H,24,27)/p+1. The molecule has 150 valence electrons. The van der Waals surface area contributed by atoms with Crippen LogP contribution in [0.25, 0.3) is 10.9 Å². The van der Waals surface area contributed by atoms with Crippen LogP contribution < -0.4 is 10.2 Å². The highest BCUT2D eigenvalue weighted by Crippen LogP contribution is 2.23. The van der Waals surface area contributed by atoms with E-state index in [1.54, 1.807) is 7.05 Å². The molecule has 0 aliphatic rings. The van der Waals surface area contributed by atoms with Crippen LogP contribution in [0.2, 0.25) is 0 Å². The first-order valence-electron chi connectivity index (χ1n) is 9.53. The largest absolute Gasteiger partial charge is 0.465 e. The van der Waals surface area contributed by atoms with Crippen molar-refractivity contribution >= 4 is 22.8 Å². The molecule has 0 aliphatic heterocycles. The summed E-state index contributed by atoms with van der Waals surface area (Å²) in [5.41, 5.74) is 4.77. The number of benzene rings is 2.